The quantitative estimate of drug-likeness (QED) is 0.232. The van der Waals surface area contributed by atoms with Crippen molar-refractivity contribution in [3.63, 3.8) is 0 Å². The minimum atomic E-state index is -4.53. The molecule has 5 aromatic rings. The minimum Gasteiger partial charge on any atom is -0.505 e. The number of aryl methyl sites for hydroxylation is 1. The van der Waals surface area contributed by atoms with E-state index in [1.54, 1.807) is 19.1 Å². The number of benzene rings is 2. The van der Waals surface area contributed by atoms with Gasteiger partial charge in [0.05, 0.1) is 17.5 Å². The summed E-state index contributed by atoms with van der Waals surface area (Å²) in [5, 5.41) is 11.1. The summed E-state index contributed by atoms with van der Waals surface area (Å²) in [5.41, 5.74) is -1.34. The first-order valence-corrected chi connectivity index (χ1v) is 11.6. The van der Waals surface area contributed by atoms with Gasteiger partial charge in [-0.1, -0.05) is 23.9 Å². The highest BCUT2D eigenvalue weighted by Crippen LogP contribution is 2.38. The van der Waals surface area contributed by atoms with E-state index in [1.165, 1.54) is 28.8 Å². The van der Waals surface area contributed by atoms with Gasteiger partial charge in [0.15, 0.2) is 11.3 Å². The maximum atomic E-state index is 13.6. The normalized spacial score (nSPS) is 11.9. The number of nitrogens with zero attached hydrogens (tertiary/aromatic N) is 2. The Balaban J connectivity index is 1.71. The Morgan fingerprint density at radius 1 is 1.00 bits per heavy atom. The summed E-state index contributed by atoms with van der Waals surface area (Å²) in [6, 6.07) is 12.7. The van der Waals surface area contributed by atoms with Crippen molar-refractivity contribution in [2.24, 2.45) is 0 Å². The van der Waals surface area contributed by atoms with E-state index in [1.807, 2.05) is 0 Å². The van der Waals surface area contributed by atoms with Gasteiger partial charge in [-0.25, -0.2) is 14.2 Å². The molecule has 0 saturated carbocycles. The molecule has 0 aliphatic rings. The molecule has 11 heteroatoms. The largest absolute Gasteiger partial charge is 0.505 e. The fourth-order valence-corrected chi connectivity index (χ4v) is 4.72. The Morgan fingerprint density at radius 3 is 2.32 bits per heavy atom. The summed E-state index contributed by atoms with van der Waals surface area (Å²) in [4.78, 5) is 30.7. The maximum Gasteiger partial charge on any atom is 0.416 e. The van der Waals surface area contributed by atoms with Crippen molar-refractivity contribution in [1.82, 2.24) is 9.55 Å². The summed E-state index contributed by atoms with van der Waals surface area (Å²) in [7, 11) is 0. The lowest BCUT2D eigenvalue weighted by atomic mass is 10.1. The van der Waals surface area contributed by atoms with Crippen LogP contribution in [0, 0.1) is 12.7 Å². The van der Waals surface area contributed by atoms with Gasteiger partial charge < -0.3 is 9.52 Å². The van der Waals surface area contributed by atoms with Gasteiger partial charge in [-0.05, 0) is 61.0 Å². The van der Waals surface area contributed by atoms with Crippen LogP contribution in [-0.4, -0.2) is 14.7 Å². The van der Waals surface area contributed by atoms with Crippen LogP contribution in [0.25, 0.3) is 22.0 Å². The highest BCUT2D eigenvalue weighted by atomic mass is 32.2. The summed E-state index contributed by atoms with van der Waals surface area (Å²) in [6.45, 7) is 1.70. The molecule has 3 heterocycles. The van der Waals surface area contributed by atoms with Gasteiger partial charge >= 0.3 is 11.8 Å². The van der Waals surface area contributed by atoms with Crippen LogP contribution in [0.1, 0.15) is 16.8 Å². The number of hydrogen-bond donors (Lipinski definition) is 1. The molecular formula is C26H16F4N2O4S. The fourth-order valence-electron chi connectivity index (χ4n) is 3.89. The Hall–Kier alpha value is -4.12. The van der Waals surface area contributed by atoms with Crippen LogP contribution in [0.4, 0.5) is 17.6 Å². The van der Waals surface area contributed by atoms with Crippen LogP contribution in [0.5, 0.6) is 5.75 Å². The van der Waals surface area contributed by atoms with Crippen LogP contribution >= 0.6 is 11.8 Å². The standard InChI is InChI=1S/C26H16F4N2O4S/c1-13-2-11-18-21-19(24(34)32(23(18)31-13)12-14-3-7-16(27)8-4-14)20(33)22(25(35)36-21)37-17-9-5-15(6-10-17)26(28,29)30/h2-11,33H,12H2,1H3. The fraction of sp³-hybridized carbons (Fsp3) is 0.115. The van der Waals surface area contributed by atoms with E-state index in [0.717, 1.165) is 24.3 Å². The lowest BCUT2D eigenvalue weighted by molar-refractivity contribution is -0.137. The van der Waals surface area contributed by atoms with Crippen molar-refractivity contribution >= 4 is 33.8 Å². The zero-order valence-corrected chi connectivity index (χ0v) is 19.8. The summed E-state index contributed by atoms with van der Waals surface area (Å²) in [5.74, 6) is -1.10. The van der Waals surface area contributed by atoms with E-state index < -0.39 is 34.5 Å². The smallest absolute Gasteiger partial charge is 0.416 e. The second-order valence-corrected chi connectivity index (χ2v) is 9.32. The minimum absolute atomic E-state index is 0.0120. The third-order valence-electron chi connectivity index (χ3n) is 5.69. The molecule has 37 heavy (non-hydrogen) atoms. The molecule has 6 nitrogen and oxygen atoms in total. The van der Waals surface area contributed by atoms with Gasteiger partial charge in [0.25, 0.3) is 5.56 Å². The lowest BCUT2D eigenvalue weighted by Gasteiger charge is -2.14. The highest BCUT2D eigenvalue weighted by molar-refractivity contribution is 7.99. The molecule has 0 atom stereocenters. The van der Waals surface area contributed by atoms with E-state index in [4.69, 9.17) is 4.42 Å². The van der Waals surface area contributed by atoms with Gasteiger partial charge in [0.1, 0.15) is 21.7 Å². The molecule has 1 N–H and O–H groups in total. The van der Waals surface area contributed by atoms with E-state index in [2.05, 4.69) is 4.98 Å². The third-order valence-corrected chi connectivity index (χ3v) is 6.76. The second-order valence-electron chi connectivity index (χ2n) is 8.24. The summed E-state index contributed by atoms with van der Waals surface area (Å²) >= 11 is 0.674. The van der Waals surface area contributed by atoms with E-state index in [0.29, 0.717) is 28.4 Å². The predicted molar refractivity (Wildman–Crippen MR) is 130 cm³/mol. The van der Waals surface area contributed by atoms with Gasteiger partial charge in [0, 0.05) is 10.6 Å². The molecule has 188 valence electrons. The van der Waals surface area contributed by atoms with Crippen LogP contribution in [0.2, 0.25) is 0 Å². The molecule has 0 amide bonds. The van der Waals surface area contributed by atoms with Crippen LogP contribution in [0.3, 0.4) is 0 Å². The molecule has 3 aromatic heterocycles. The van der Waals surface area contributed by atoms with Gasteiger partial charge in [0.2, 0.25) is 0 Å². The first kappa shape index (κ1) is 24.6. The van der Waals surface area contributed by atoms with Crippen LogP contribution in [0.15, 0.2) is 84.5 Å². The molecule has 0 unspecified atom stereocenters. The summed E-state index contributed by atoms with van der Waals surface area (Å²) < 4.78 is 58.8. The molecule has 2 aromatic carbocycles. The Kier molecular flexibility index (Phi) is 6.03. The van der Waals surface area contributed by atoms with Crippen molar-refractivity contribution < 1.29 is 27.1 Å². The number of aromatic hydroxyl groups is 1. The van der Waals surface area contributed by atoms with Crippen molar-refractivity contribution in [3.8, 4) is 5.75 Å². The van der Waals surface area contributed by atoms with Gasteiger partial charge in [-0.3, -0.25) is 9.36 Å². The molecule has 0 aliphatic heterocycles. The van der Waals surface area contributed by atoms with Crippen molar-refractivity contribution in [2.45, 2.75) is 29.4 Å². The van der Waals surface area contributed by atoms with E-state index >= 15 is 0 Å². The van der Waals surface area contributed by atoms with Crippen molar-refractivity contribution in [2.75, 3.05) is 0 Å². The Bertz CT molecular complexity index is 1780. The molecule has 0 fully saturated rings. The number of rotatable bonds is 4. The van der Waals surface area contributed by atoms with Gasteiger partial charge in [-0.15, -0.1) is 0 Å². The van der Waals surface area contributed by atoms with E-state index in [-0.39, 0.29) is 33.0 Å². The topological polar surface area (TPSA) is 85.3 Å². The molecule has 5 rings (SSSR count). The number of aromatic nitrogens is 2. The Morgan fingerprint density at radius 2 is 1.68 bits per heavy atom. The number of fused-ring (bicyclic) bond motifs is 3. The number of halogens is 4. The Labute approximate surface area is 209 Å². The highest BCUT2D eigenvalue weighted by Gasteiger charge is 2.30. The molecule has 0 aliphatic carbocycles. The molecule has 0 spiro atoms. The van der Waals surface area contributed by atoms with Crippen LogP contribution in [-0.2, 0) is 12.7 Å². The van der Waals surface area contributed by atoms with Crippen molar-refractivity contribution in [1.29, 1.82) is 0 Å². The summed E-state index contributed by atoms with van der Waals surface area (Å²) in [6.07, 6.45) is -4.53. The van der Waals surface area contributed by atoms with Gasteiger partial charge in [-0.2, -0.15) is 13.2 Å². The number of alkyl halides is 3. The molecule has 0 saturated heterocycles. The number of pyridine rings is 2. The number of hydrogen-bond acceptors (Lipinski definition) is 6. The zero-order valence-electron chi connectivity index (χ0n) is 19.0. The third kappa shape index (κ3) is 4.57. The monoisotopic (exact) mass is 528 g/mol. The molecule has 0 bridgehead atoms. The zero-order chi connectivity index (χ0) is 26.5. The average molecular weight is 528 g/mol. The van der Waals surface area contributed by atoms with E-state index in [9.17, 15) is 32.3 Å². The SMILES string of the molecule is Cc1ccc2c3oc(=O)c(Sc4ccc(C(F)(F)F)cc4)c(O)c3c(=O)n(Cc3ccc(F)cc3)c2n1. The lowest BCUT2D eigenvalue weighted by Crippen LogP contribution is -2.23. The first-order valence-electron chi connectivity index (χ1n) is 10.8. The second kappa shape index (κ2) is 9.07. The average Bonchev–Trinajstić information content (AvgIpc) is 2.85. The van der Waals surface area contributed by atoms with Crippen LogP contribution < -0.4 is 11.2 Å². The predicted octanol–water partition coefficient (Wildman–Crippen LogP) is 5.87. The molecular weight excluding hydrogens is 512 g/mol. The maximum absolute atomic E-state index is 13.6. The molecule has 0 radical (unpaired) electrons. The first-order chi connectivity index (χ1) is 17.5. The van der Waals surface area contributed by atoms with Crippen molar-refractivity contribution in [3.05, 3.63) is 104 Å².